The minimum Gasteiger partial charge on any atom is -0.497 e. The molecule has 2 atom stereocenters. The van der Waals surface area contributed by atoms with Gasteiger partial charge in [0.1, 0.15) is 5.75 Å². The summed E-state index contributed by atoms with van der Waals surface area (Å²) >= 11 is 6.11. The highest BCUT2D eigenvalue weighted by Crippen LogP contribution is 2.32. The normalized spacial score (nSPS) is 22.4. The SMILES string of the molecule is COc1ccc(Cl)c(NC(=O)C2CCCCC2CN)c1. The summed E-state index contributed by atoms with van der Waals surface area (Å²) in [5, 5.41) is 3.43. The Morgan fingerprint density at radius 1 is 1.45 bits per heavy atom. The van der Waals surface area contributed by atoms with Crippen molar-refractivity contribution in [1.29, 1.82) is 0 Å². The predicted molar refractivity (Wildman–Crippen MR) is 81.1 cm³/mol. The molecule has 0 bridgehead atoms. The van der Waals surface area contributed by atoms with Gasteiger partial charge in [-0.25, -0.2) is 0 Å². The molecule has 110 valence electrons. The van der Waals surface area contributed by atoms with Gasteiger partial charge in [0.2, 0.25) is 5.91 Å². The minimum absolute atomic E-state index is 0.00954. The zero-order valence-corrected chi connectivity index (χ0v) is 12.5. The van der Waals surface area contributed by atoms with Crippen molar-refractivity contribution < 1.29 is 9.53 Å². The Balaban J connectivity index is 2.10. The van der Waals surface area contributed by atoms with Crippen LogP contribution < -0.4 is 15.8 Å². The molecule has 1 aromatic carbocycles. The molecule has 4 nitrogen and oxygen atoms in total. The van der Waals surface area contributed by atoms with Gasteiger partial charge in [0.05, 0.1) is 17.8 Å². The van der Waals surface area contributed by atoms with E-state index in [-0.39, 0.29) is 17.7 Å². The van der Waals surface area contributed by atoms with Crippen molar-refractivity contribution in [3.8, 4) is 5.75 Å². The first-order valence-corrected chi connectivity index (χ1v) is 7.38. The van der Waals surface area contributed by atoms with Crippen LogP contribution in [0.1, 0.15) is 25.7 Å². The quantitative estimate of drug-likeness (QED) is 0.897. The maximum atomic E-state index is 12.4. The Morgan fingerprint density at radius 2 is 2.20 bits per heavy atom. The summed E-state index contributed by atoms with van der Waals surface area (Å²) in [6.45, 7) is 0.559. The molecule has 3 N–H and O–H groups in total. The molecule has 1 saturated carbocycles. The largest absolute Gasteiger partial charge is 0.497 e. The van der Waals surface area contributed by atoms with E-state index in [2.05, 4.69) is 5.32 Å². The highest BCUT2D eigenvalue weighted by atomic mass is 35.5. The molecule has 1 amide bonds. The fourth-order valence-corrected chi connectivity index (χ4v) is 2.95. The van der Waals surface area contributed by atoms with Gasteiger partial charge in [0.15, 0.2) is 0 Å². The number of nitrogens with one attached hydrogen (secondary N) is 1. The topological polar surface area (TPSA) is 64.3 Å². The molecule has 0 spiro atoms. The predicted octanol–water partition coefficient (Wildman–Crippen LogP) is 3.05. The van der Waals surface area contributed by atoms with Gasteiger partial charge >= 0.3 is 0 Å². The summed E-state index contributed by atoms with van der Waals surface area (Å²) in [7, 11) is 1.58. The Bertz CT molecular complexity index is 479. The van der Waals surface area contributed by atoms with E-state index in [0.717, 1.165) is 25.7 Å². The molecule has 20 heavy (non-hydrogen) atoms. The number of rotatable bonds is 4. The van der Waals surface area contributed by atoms with E-state index in [1.54, 1.807) is 25.3 Å². The number of anilines is 1. The van der Waals surface area contributed by atoms with Crippen molar-refractivity contribution >= 4 is 23.2 Å². The van der Waals surface area contributed by atoms with E-state index in [4.69, 9.17) is 22.1 Å². The van der Waals surface area contributed by atoms with Gasteiger partial charge < -0.3 is 15.8 Å². The lowest BCUT2D eigenvalue weighted by molar-refractivity contribution is -0.122. The highest BCUT2D eigenvalue weighted by molar-refractivity contribution is 6.33. The van der Waals surface area contributed by atoms with E-state index in [1.807, 2.05) is 0 Å². The number of hydrogen-bond donors (Lipinski definition) is 2. The second-order valence-electron chi connectivity index (χ2n) is 5.22. The molecule has 2 rings (SSSR count). The number of amides is 1. The highest BCUT2D eigenvalue weighted by Gasteiger charge is 2.30. The van der Waals surface area contributed by atoms with Gasteiger partial charge in [-0.15, -0.1) is 0 Å². The number of ether oxygens (including phenoxy) is 1. The fraction of sp³-hybridized carbons (Fsp3) is 0.533. The van der Waals surface area contributed by atoms with Gasteiger partial charge in [-0.2, -0.15) is 0 Å². The standard InChI is InChI=1S/C15H21ClN2O2/c1-20-11-6-7-13(16)14(8-11)18-15(19)12-5-3-2-4-10(12)9-17/h6-8,10,12H,2-5,9,17H2,1H3,(H,18,19). The van der Waals surface area contributed by atoms with Gasteiger partial charge in [-0.05, 0) is 37.4 Å². The van der Waals surface area contributed by atoms with Crippen molar-refractivity contribution in [2.75, 3.05) is 19.0 Å². The number of benzene rings is 1. The summed E-state index contributed by atoms with van der Waals surface area (Å²) < 4.78 is 5.15. The third-order valence-corrected chi connectivity index (χ3v) is 4.31. The minimum atomic E-state index is -0.0176. The molecule has 0 heterocycles. The van der Waals surface area contributed by atoms with Gasteiger partial charge in [-0.3, -0.25) is 4.79 Å². The van der Waals surface area contributed by atoms with Gasteiger partial charge in [0.25, 0.3) is 0 Å². The van der Waals surface area contributed by atoms with Crippen LogP contribution in [0.2, 0.25) is 5.02 Å². The molecule has 1 aliphatic carbocycles. The Hall–Kier alpha value is -1.26. The van der Waals surface area contributed by atoms with E-state index in [1.165, 1.54) is 0 Å². The van der Waals surface area contributed by atoms with Crippen LogP contribution in [-0.2, 0) is 4.79 Å². The Labute approximate surface area is 124 Å². The number of methoxy groups -OCH3 is 1. The van der Waals surface area contributed by atoms with Crippen LogP contribution in [0.25, 0.3) is 0 Å². The smallest absolute Gasteiger partial charge is 0.227 e. The van der Waals surface area contributed by atoms with E-state index in [0.29, 0.717) is 23.0 Å². The molecule has 5 heteroatoms. The van der Waals surface area contributed by atoms with E-state index < -0.39 is 0 Å². The molecular weight excluding hydrogens is 276 g/mol. The average molecular weight is 297 g/mol. The van der Waals surface area contributed by atoms with Crippen LogP contribution in [0.5, 0.6) is 5.75 Å². The summed E-state index contributed by atoms with van der Waals surface area (Å²) in [5.41, 5.74) is 6.37. The first kappa shape index (κ1) is 15.1. The second-order valence-corrected chi connectivity index (χ2v) is 5.63. The maximum Gasteiger partial charge on any atom is 0.227 e. The van der Waals surface area contributed by atoms with Crippen molar-refractivity contribution in [1.82, 2.24) is 0 Å². The van der Waals surface area contributed by atoms with Crippen LogP contribution in [0.4, 0.5) is 5.69 Å². The van der Waals surface area contributed by atoms with E-state index >= 15 is 0 Å². The maximum absolute atomic E-state index is 12.4. The third-order valence-electron chi connectivity index (χ3n) is 3.98. The van der Waals surface area contributed by atoms with Crippen LogP contribution in [0.3, 0.4) is 0 Å². The fourth-order valence-electron chi connectivity index (χ4n) is 2.79. The lowest BCUT2D eigenvalue weighted by atomic mass is 9.78. The van der Waals surface area contributed by atoms with E-state index in [9.17, 15) is 4.79 Å². The Kier molecular flexibility index (Phi) is 5.26. The molecule has 0 aliphatic heterocycles. The second kappa shape index (κ2) is 6.95. The molecule has 0 saturated heterocycles. The summed E-state index contributed by atoms with van der Waals surface area (Å²) in [6.07, 6.45) is 4.17. The van der Waals surface area contributed by atoms with Crippen LogP contribution in [0, 0.1) is 11.8 Å². The molecule has 0 radical (unpaired) electrons. The molecular formula is C15H21ClN2O2. The lowest BCUT2D eigenvalue weighted by Gasteiger charge is -2.29. The summed E-state index contributed by atoms with van der Waals surface area (Å²) in [5.74, 6) is 0.933. The number of nitrogens with two attached hydrogens (primary N) is 1. The van der Waals surface area contributed by atoms with Gasteiger partial charge in [-0.1, -0.05) is 24.4 Å². The molecule has 1 aromatic rings. The molecule has 0 aromatic heterocycles. The first-order chi connectivity index (χ1) is 9.65. The van der Waals surface area contributed by atoms with Gasteiger partial charge in [0, 0.05) is 12.0 Å². The van der Waals surface area contributed by atoms with Crippen molar-refractivity contribution in [2.24, 2.45) is 17.6 Å². The number of carbonyl (C=O) groups excluding carboxylic acids is 1. The number of halogens is 1. The molecule has 1 fully saturated rings. The monoisotopic (exact) mass is 296 g/mol. The third kappa shape index (κ3) is 3.44. The van der Waals surface area contributed by atoms with Crippen LogP contribution >= 0.6 is 11.6 Å². The zero-order chi connectivity index (χ0) is 14.5. The number of carbonyl (C=O) groups is 1. The van der Waals surface area contributed by atoms with Crippen LogP contribution in [0.15, 0.2) is 18.2 Å². The van der Waals surface area contributed by atoms with Crippen molar-refractivity contribution in [3.63, 3.8) is 0 Å². The number of hydrogen-bond acceptors (Lipinski definition) is 3. The zero-order valence-electron chi connectivity index (χ0n) is 11.7. The van der Waals surface area contributed by atoms with Crippen molar-refractivity contribution in [2.45, 2.75) is 25.7 Å². The first-order valence-electron chi connectivity index (χ1n) is 7.00. The van der Waals surface area contributed by atoms with Crippen molar-refractivity contribution in [3.05, 3.63) is 23.2 Å². The summed E-state index contributed by atoms with van der Waals surface area (Å²) in [4.78, 5) is 12.4. The summed E-state index contributed by atoms with van der Waals surface area (Å²) in [6, 6.07) is 5.22. The van der Waals surface area contributed by atoms with Crippen LogP contribution in [-0.4, -0.2) is 19.6 Å². The Morgan fingerprint density at radius 3 is 2.90 bits per heavy atom. The lowest BCUT2D eigenvalue weighted by Crippen LogP contribution is -2.35. The average Bonchev–Trinajstić information content (AvgIpc) is 2.49. The molecule has 1 aliphatic rings. The molecule has 2 unspecified atom stereocenters.